The lowest BCUT2D eigenvalue weighted by atomic mass is 10.9. The maximum Gasteiger partial charge on any atom is 0.474 e. The zero-order valence-electron chi connectivity index (χ0n) is 6.70. The van der Waals surface area contributed by atoms with E-state index in [0.29, 0.717) is 0 Å². The Kier molecular flexibility index (Phi) is 9.86. The highest BCUT2D eigenvalue weighted by Crippen LogP contribution is 2.50. The normalized spacial score (nSPS) is 20.3. The first-order chi connectivity index (χ1) is 6.65. The quantitative estimate of drug-likeness (QED) is 0.340. The van der Waals surface area contributed by atoms with Gasteiger partial charge in [-0.15, -0.1) is 0 Å². The van der Waals surface area contributed by atoms with E-state index >= 15 is 0 Å². The molecule has 0 amide bonds. The molecule has 2 atom stereocenters. The molecule has 15 heavy (non-hydrogen) atoms. The molecule has 0 heterocycles. The van der Waals surface area contributed by atoms with Crippen LogP contribution >= 0.6 is 103 Å². The molecule has 0 fully saturated rings. The Morgan fingerprint density at radius 3 is 1.33 bits per heavy atom. The van der Waals surface area contributed by atoms with Crippen molar-refractivity contribution in [2.75, 3.05) is 0 Å². The van der Waals surface area contributed by atoms with Crippen molar-refractivity contribution >= 4 is 103 Å². The highest BCUT2D eigenvalue weighted by Gasteiger charge is 2.32. The second-order valence-electron chi connectivity index (χ2n) is 2.05. The highest BCUT2D eigenvalue weighted by atomic mass is 79.9. The Morgan fingerprint density at radius 1 is 0.867 bits per heavy atom. The zero-order valence-corrected chi connectivity index (χ0v) is 17.1. The van der Waals surface area contributed by atoms with Gasteiger partial charge in [0.1, 0.15) is 17.5 Å². The van der Waals surface area contributed by atoms with Crippen LogP contribution in [0.1, 0.15) is 0 Å². The molecule has 92 valence electrons. The summed E-state index contributed by atoms with van der Waals surface area (Å²) in [6, 6.07) is 0. The lowest BCUT2D eigenvalue weighted by Gasteiger charge is -2.20. The highest BCUT2D eigenvalue weighted by molar-refractivity contribution is 9.25. The smallest absolute Gasteiger partial charge is 0.302 e. The molecule has 0 aliphatic heterocycles. The van der Waals surface area contributed by atoms with Gasteiger partial charge in [-0.3, -0.25) is 9.05 Å². The summed E-state index contributed by atoms with van der Waals surface area (Å²) in [7, 11) is -4.13. The molecular formula is C4H5Br6O4P. The van der Waals surface area contributed by atoms with Gasteiger partial charge >= 0.3 is 7.82 Å². The third kappa shape index (κ3) is 8.67. The van der Waals surface area contributed by atoms with E-state index in [9.17, 15) is 9.46 Å². The van der Waals surface area contributed by atoms with Crippen LogP contribution in [0, 0.1) is 0 Å². The van der Waals surface area contributed by atoms with E-state index in [4.69, 9.17) is 9.05 Å². The molecule has 0 aromatic rings. The summed E-state index contributed by atoms with van der Waals surface area (Å²) >= 11 is 18.5. The van der Waals surface area contributed by atoms with E-state index in [-0.39, 0.29) is 7.47 Å². The average molecular weight is 627 g/mol. The fraction of sp³-hybridized carbons (Fsp3) is 1.00. The molecule has 0 bridgehead atoms. The van der Waals surface area contributed by atoms with Gasteiger partial charge in [0.2, 0.25) is 0 Å². The summed E-state index contributed by atoms with van der Waals surface area (Å²) in [6.45, 7) is 0. The Morgan fingerprint density at radius 2 is 1.13 bits per heavy atom. The van der Waals surface area contributed by atoms with Crippen LogP contribution in [0.4, 0.5) is 0 Å². The van der Waals surface area contributed by atoms with Crippen molar-refractivity contribution in [1.82, 2.24) is 0 Å². The van der Waals surface area contributed by atoms with Crippen molar-refractivity contribution in [1.29, 1.82) is 0 Å². The Balaban J connectivity index is 4.25. The van der Waals surface area contributed by atoms with Crippen LogP contribution < -0.4 is 0 Å². The molecule has 0 saturated heterocycles. The van der Waals surface area contributed by atoms with Crippen LogP contribution in [0.25, 0.3) is 0 Å². The van der Waals surface area contributed by atoms with Gasteiger partial charge in [0.15, 0.2) is 0 Å². The van der Waals surface area contributed by atoms with Gasteiger partial charge in [0.25, 0.3) is 0 Å². The van der Waals surface area contributed by atoms with Crippen molar-refractivity contribution in [3.63, 3.8) is 0 Å². The van der Waals surface area contributed by atoms with Gasteiger partial charge < -0.3 is 4.89 Å². The number of phosphoric acid groups is 1. The molecule has 0 aromatic heterocycles. The topological polar surface area (TPSA) is 55.8 Å². The molecule has 2 unspecified atom stereocenters. The third-order valence-electron chi connectivity index (χ3n) is 0.864. The predicted molar refractivity (Wildman–Crippen MR) is 80.7 cm³/mol. The maximum absolute atomic E-state index is 11.4. The van der Waals surface area contributed by atoms with Gasteiger partial charge in [0.05, 0.1) is 0 Å². The Hall–Kier alpha value is 2.99. The largest absolute Gasteiger partial charge is 0.474 e. The molecular weight excluding hydrogens is 622 g/mol. The predicted octanol–water partition coefficient (Wildman–Crippen LogP) is 4.79. The second-order valence-corrected chi connectivity index (χ2v) is 11.6. The van der Waals surface area contributed by atoms with E-state index in [2.05, 4.69) is 95.6 Å². The first-order valence-electron chi connectivity index (χ1n) is 3.20. The van der Waals surface area contributed by atoms with Crippen LogP contribution in [0.3, 0.4) is 0 Å². The number of halogens is 6. The fourth-order valence-electron chi connectivity index (χ4n) is 0.371. The average Bonchev–Trinajstić information content (AvgIpc) is 2.01. The minimum absolute atomic E-state index is 0.313. The van der Waals surface area contributed by atoms with Crippen LogP contribution in [0.15, 0.2) is 0 Å². The molecule has 0 saturated carbocycles. The van der Waals surface area contributed by atoms with E-state index < -0.39 is 17.8 Å². The lowest BCUT2D eigenvalue weighted by Crippen LogP contribution is -2.15. The SMILES string of the molecule is O=P(O)(OC(Br)C(Br)Br)OC(Br)C(Br)Br. The molecule has 1 N–H and O–H groups in total. The minimum atomic E-state index is -4.13. The third-order valence-corrected chi connectivity index (χ3v) is 8.62. The van der Waals surface area contributed by atoms with Crippen molar-refractivity contribution in [2.45, 2.75) is 17.5 Å². The molecule has 0 rings (SSSR count). The van der Waals surface area contributed by atoms with Crippen molar-refractivity contribution in [2.24, 2.45) is 0 Å². The standard InChI is InChI=1S/C4H5Br6O4P/c5-1(6)3(9)13-15(11,12)14-4(10)2(7)8/h1-4H,(H,11,12). The Bertz CT molecular complexity index is 217. The summed E-state index contributed by atoms with van der Waals surface area (Å²) in [5.41, 5.74) is 0. The molecule has 0 aliphatic rings. The summed E-state index contributed by atoms with van der Waals surface area (Å²) in [4.78, 5) is 9.32. The summed E-state index contributed by atoms with van der Waals surface area (Å²) in [5.74, 6) is 0. The van der Waals surface area contributed by atoms with Crippen LogP contribution in [0.2, 0.25) is 0 Å². The van der Waals surface area contributed by atoms with Crippen molar-refractivity contribution in [3.05, 3.63) is 0 Å². The molecule has 0 aliphatic carbocycles. The van der Waals surface area contributed by atoms with E-state index in [1.54, 1.807) is 0 Å². The van der Waals surface area contributed by atoms with Gasteiger partial charge in [-0.25, -0.2) is 4.57 Å². The van der Waals surface area contributed by atoms with Gasteiger partial charge in [-0.1, -0.05) is 95.6 Å². The molecule has 0 spiro atoms. The Labute approximate surface area is 138 Å². The van der Waals surface area contributed by atoms with Crippen LogP contribution in [0.5, 0.6) is 0 Å². The van der Waals surface area contributed by atoms with Crippen molar-refractivity contribution in [3.8, 4) is 0 Å². The van der Waals surface area contributed by atoms with Gasteiger partial charge in [0, 0.05) is 0 Å². The molecule has 4 nitrogen and oxygen atoms in total. The fourth-order valence-corrected chi connectivity index (χ4v) is 3.54. The van der Waals surface area contributed by atoms with E-state index in [1.165, 1.54) is 0 Å². The molecule has 11 heteroatoms. The number of rotatable bonds is 6. The number of hydrogen-bond donors (Lipinski definition) is 1. The zero-order chi connectivity index (χ0) is 12.2. The number of hydrogen-bond acceptors (Lipinski definition) is 3. The summed E-state index contributed by atoms with van der Waals surface area (Å²) in [5, 5.41) is -1.39. The maximum atomic E-state index is 11.4. The number of alkyl halides is 6. The summed E-state index contributed by atoms with van der Waals surface area (Å²) < 4.78 is 20.3. The first kappa shape index (κ1) is 18.0. The summed E-state index contributed by atoms with van der Waals surface area (Å²) in [6.07, 6.45) is 0. The van der Waals surface area contributed by atoms with E-state index in [1.807, 2.05) is 0 Å². The second kappa shape index (κ2) is 8.22. The van der Waals surface area contributed by atoms with Crippen LogP contribution in [-0.2, 0) is 13.6 Å². The number of phosphoric ester groups is 1. The van der Waals surface area contributed by atoms with Gasteiger partial charge in [-0.2, -0.15) is 0 Å². The van der Waals surface area contributed by atoms with Crippen LogP contribution in [-0.4, -0.2) is 22.4 Å². The lowest BCUT2D eigenvalue weighted by molar-refractivity contribution is 0.144. The first-order valence-corrected chi connectivity index (χ1v) is 10.2. The molecule has 0 aromatic carbocycles. The molecule has 0 radical (unpaired) electrons. The van der Waals surface area contributed by atoms with E-state index in [0.717, 1.165) is 0 Å². The minimum Gasteiger partial charge on any atom is -0.302 e. The van der Waals surface area contributed by atoms with Gasteiger partial charge in [-0.05, 0) is 0 Å². The monoisotopic (exact) mass is 622 g/mol. The van der Waals surface area contributed by atoms with Crippen molar-refractivity contribution < 1.29 is 18.5 Å².